The molecule has 1 aromatic heterocycles. The first-order valence-electron chi connectivity index (χ1n) is 20.3. The van der Waals surface area contributed by atoms with Gasteiger partial charge in [-0.2, -0.15) is 3.89 Å². The van der Waals surface area contributed by atoms with Gasteiger partial charge >= 0.3 is 12.1 Å². The Kier molecular flexibility index (Phi) is 16.9. The minimum Gasteiger partial charge on any atom is -0.455 e. The third kappa shape index (κ3) is 11.4. The van der Waals surface area contributed by atoms with Crippen molar-refractivity contribution in [3.05, 3.63) is 48.2 Å². The molecule has 3 aliphatic rings. The van der Waals surface area contributed by atoms with Gasteiger partial charge in [-0.3, -0.25) is 9.78 Å². The number of esters is 1. The number of Topliss-reactive ketones (excluding diaryl/α,β-unsaturated/α-hetero) is 1. The highest BCUT2D eigenvalue weighted by Gasteiger charge is 2.58. The van der Waals surface area contributed by atoms with E-state index in [4.69, 9.17) is 23.7 Å². The van der Waals surface area contributed by atoms with Crippen molar-refractivity contribution >= 4 is 47.0 Å². The number of ether oxygens (including phenoxy) is 5. The number of para-hydroxylation sites is 1. The quantitative estimate of drug-likeness (QED) is 0.204. The number of nitrogens with one attached hydrogen (secondary N) is 2. The molecule has 0 spiro atoms. The molecule has 59 heavy (non-hydrogen) atoms. The van der Waals surface area contributed by atoms with Crippen molar-refractivity contribution in [3.8, 4) is 0 Å². The fraction of sp³-hybridized carbons (Fsp3) is 0.674. The van der Waals surface area contributed by atoms with Crippen LogP contribution in [-0.2, 0) is 33.3 Å². The van der Waals surface area contributed by atoms with Gasteiger partial charge in [-0.1, -0.05) is 51.1 Å². The van der Waals surface area contributed by atoms with Crippen molar-refractivity contribution in [1.29, 1.82) is 0 Å². The number of alkyl carbamates (subject to hydrolysis) is 1. The molecule has 13 nitrogen and oxygen atoms in total. The van der Waals surface area contributed by atoms with Gasteiger partial charge in [0.15, 0.2) is 17.7 Å². The van der Waals surface area contributed by atoms with E-state index >= 15 is 4.39 Å². The molecule has 13 atom stereocenters. The molecule has 0 aliphatic carbocycles. The minimum absolute atomic E-state index is 0.0718. The summed E-state index contributed by atoms with van der Waals surface area (Å²) in [5, 5.41) is 18.9. The zero-order valence-corrected chi connectivity index (χ0v) is 37.0. The Labute approximate surface area is 351 Å². The van der Waals surface area contributed by atoms with E-state index < -0.39 is 71.3 Å². The number of halogens is 2. The molecule has 0 bridgehead atoms. The molecule has 3 fully saturated rings. The van der Waals surface area contributed by atoms with Crippen LogP contribution >= 0.6 is 12.1 Å². The zero-order chi connectivity index (χ0) is 43.9. The number of hydrogen-bond donors (Lipinski definition) is 3. The van der Waals surface area contributed by atoms with Gasteiger partial charge in [0.25, 0.3) is 5.67 Å². The molecular weight excluding hydrogens is 787 g/mol. The normalized spacial score (nSPS) is 37.4. The second-order valence-corrected chi connectivity index (χ2v) is 17.2. The van der Waals surface area contributed by atoms with Crippen LogP contribution in [-0.4, -0.2) is 132 Å². The largest absolute Gasteiger partial charge is 0.455 e. The molecule has 4 heterocycles. The van der Waals surface area contributed by atoms with E-state index in [1.807, 2.05) is 82.3 Å². The van der Waals surface area contributed by atoms with Crippen LogP contribution in [0.25, 0.3) is 17.0 Å². The molecule has 1 aromatic carbocycles. The second-order valence-electron chi connectivity index (χ2n) is 16.9. The van der Waals surface area contributed by atoms with Crippen LogP contribution in [0, 0.1) is 11.8 Å². The molecule has 2 aromatic rings. The molecule has 3 saturated heterocycles. The standard InChI is InChI=1S/C42H61FN4O9.CH3FS/c1-11-32-42(8)34(46-39(51)56-42)27(5)44-22-24(2)21-40(6,52-18-14-15-28-20-29-16-12-13-17-30(29)45-23-28)36(26(4)35(49)41(7,43)38(50)54-32)55-37-33(48)31(47(9)10)19-25(3)53-37;1-3-2/h12-17,20,23-27,31-34,36-37,44,48H,11,18-19,21-22H2,1-10H3,(H,46,51);1H3/b15-14+;/t24-,25?,26+,27-,31?,32-,33?,34-,36-,37+,40-,41?,42-;/m1./s1. The van der Waals surface area contributed by atoms with Crippen molar-refractivity contribution < 1.29 is 51.5 Å². The molecule has 5 rings (SSSR count). The lowest BCUT2D eigenvalue weighted by Gasteiger charge is -2.47. The highest BCUT2D eigenvalue weighted by molar-refractivity contribution is 7.93. The first kappa shape index (κ1) is 48.4. The number of fused-ring (bicyclic) bond motifs is 2. The molecular formula is C43H64F2N4O9S. The van der Waals surface area contributed by atoms with E-state index in [9.17, 15) is 23.4 Å². The van der Waals surface area contributed by atoms with Crippen LogP contribution in [0.2, 0.25) is 0 Å². The van der Waals surface area contributed by atoms with Gasteiger partial charge in [0.05, 0.1) is 36.0 Å². The summed E-state index contributed by atoms with van der Waals surface area (Å²) >= 11 is 0.250. The number of alkyl halides is 1. The summed E-state index contributed by atoms with van der Waals surface area (Å²) in [6.07, 6.45) is 2.27. The number of carbonyl (C=O) groups is 3. The van der Waals surface area contributed by atoms with E-state index in [1.54, 1.807) is 27.0 Å². The summed E-state index contributed by atoms with van der Waals surface area (Å²) in [5.74, 6) is -3.94. The number of pyridine rings is 1. The smallest absolute Gasteiger partial charge is 0.408 e. The van der Waals surface area contributed by atoms with Gasteiger partial charge in [0.2, 0.25) is 0 Å². The molecule has 1 amide bonds. The van der Waals surface area contributed by atoms with Gasteiger partial charge < -0.3 is 44.3 Å². The second kappa shape index (κ2) is 20.5. The summed E-state index contributed by atoms with van der Waals surface area (Å²) < 4.78 is 58.2. The van der Waals surface area contributed by atoms with Gasteiger partial charge in [-0.05, 0) is 98.1 Å². The maximum absolute atomic E-state index is 16.9. The first-order chi connectivity index (χ1) is 27.7. The number of likely N-dealkylation sites (N-methyl/N-ethyl adjacent to an activating group) is 1. The molecule has 16 heteroatoms. The predicted molar refractivity (Wildman–Crippen MR) is 224 cm³/mol. The van der Waals surface area contributed by atoms with E-state index in [1.165, 1.54) is 13.2 Å². The van der Waals surface area contributed by atoms with E-state index in [2.05, 4.69) is 15.6 Å². The number of aliphatic hydroxyl groups is 1. The Morgan fingerprint density at radius 1 is 1.12 bits per heavy atom. The van der Waals surface area contributed by atoms with E-state index in [-0.39, 0.29) is 49.3 Å². The summed E-state index contributed by atoms with van der Waals surface area (Å²) in [5.41, 5.74) is -4.09. The van der Waals surface area contributed by atoms with Crippen LogP contribution in [0.15, 0.2) is 42.6 Å². The Hall–Kier alpha value is -3.25. The number of cyclic esters (lactones) is 1. The number of carbonyl (C=O) groups excluding carboxylic acids is 3. The molecule has 3 aliphatic heterocycles. The average Bonchev–Trinajstić information content (AvgIpc) is 3.50. The molecule has 0 radical (unpaired) electrons. The highest BCUT2D eigenvalue weighted by Crippen LogP contribution is 2.39. The van der Waals surface area contributed by atoms with E-state index in [0.29, 0.717) is 19.4 Å². The number of hydrogen-bond acceptors (Lipinski definition) is 13. The third-order valence-electron chi connectivity index (χ3n) is 11.8. The van der Waals surface area contributed by atoms with Gasteiger partial charge in [-0.25, -0.2) is 14.0 Å². The number of rotatable bonds is 8. The summed E-state index contributed by atoms with van der Waals surface area (Å²) in [6, 6.07) is 8.46. The molecule has 3 N–H and O–H groups in total. The number of ketones is 1. The predicted octanol–water partition coefficient (Wildman–Crippen LogP) is 6.21. The van der Waals surface area contributed by atoms with Crippen LogP contribution in [0.1, 0.15) is 80.2 Å². The Morgan fingerprint density at radius 3 is 2.46 bits per heavy atom. The van der Waals surface area contributed by atoms with Gasteiger partial charge in [-0.15, -0.1) is 0 Å². The number of nitrogens with zero attached hydrogens (tertiary/aromatic N) is 2. The van der Waals surface area contributed by atoms with Crippen LogP contribution in [0.5, 0.6) is 0 Å². The van der Waals surface area contributed by atoms with Gasteiger partial charge in [0, 0.05) is 48.0 Å². The number of benzene rings is 1. The fourth-order valence-corrected chi connectivity index (χ4v) is 8.68. The van der Waals surface area contributed by atoms with Gasteiger partial charge in [0.1, 0.15) is 12.2 Å². The molecule has 4 unspecified atom stereocenters. The number of aliphatic hydroxyl groups excluding tert-OH is 1. The van der Waals surface area contributed by atoms with Crippen molar-refractivity contribution in [3.63, 3.8) is 0 Å². The van der Waals surface area contributed by atoms with Crippen LogP contribution < -0.4 is 10.6 Å². The van der Waals surface area contributed by atoms with Crippen LogP contribution in [0.4, 0.5) is 13.1 Å². The summed E-state index contributed by atoms with van der Waals surface area (Å²) in [7, 11) is 3.71. The maximum Gasteiger partial charge on any atom is 0.408 e. The first-order valence-corrected chi connectivity index (χ1v) is 21.5. The average molecular weight is 851 g/mol. The maximum atomic E-state index is 16.9. The highest BCUT2D eigenvalue weighted by atomic mass is 32.2. The summed E-state index contributed by atoms with van der Waals surface area (Å²) in [4.78, 5) is 47.3. The number of aromatic nitrogens is 1. The lowest BCUT2D eigenvalue weighted by Crippen LogP contribution is -2.61. The Bertz CT molecular complexity index is 1770. The van der Waals surface area contributed by atoms with Crippen molar-refractivity contribution in [2.45, 2.75) is 140 Å². The lowest BCUT2D eigenvalue weighted by molar-refractivity contribution is -0.297. The van der Waals surface area contributed by atoms with E-state index in [0.717, 1.165) is 23.4 Å². The minimum atomic E-state index is -3.14. The fourth-order valence-electron chi connectivity index (χ4n) is 8.68. The topological polar surface area (TPSA) is 158 Å². The summed E-state index contributed by atoms with van der Waals surface area (Å²) in [6.45, 7) is 13.9. The van der Waals surface area contributed by atoms with Crippen LogP contribution in [0.3, 0.4) is 0 Å². The molecule has 330 valence electrons. The third-order valence-corrected chi connectivity index (χ3v) is 11.8. The number of amides is 1. The Morgan fingerprint density at radius 2 is 1.80 bits per heavy atom. The van der Waals surface area contributed by atoms with Crippen molar-refractivity contribution in [2.75, 3.05) is 33.5 Å². The van der Waals surface area contributed by atoms with Crippen molar-refractivity contribution in [1.82, 2.24) is 20.5 Å². The zero-order valence-electron chi connectivity index (χ0n) is 36.2. The van der Waals surface area contributed by atoms with Crippen molar-refractivity contribution in [2.24, 2.45) is 11.8 Å². The lowest BCUT2D eigenvalue weighted by atomic mass is 9.77. The molecule has 0 saturated carbocycles. The monoisotopic (exact) mass is 850 g/mol. The SMILES string of the molecule is CC[C@H]1OC(=O)C(C)(F)C(=O)[C@H](C)[C@@H](O[C@@H]2OC(C)CC(N(C)C)C2O)[C@](C)(OC/C=C/c2cnc3ccccc3c2)C[C@@H](C)CN[C@H](C)[C@H]2NC(=O)O[C@@]21C.CSF. The Balaban J connectivity index is 0.00000248.